The van der Waals surface area contributed by atoms with E-state index in [1.807, 2.05) is 13.8 Å². The molecule has 0 aromatic heterocycles. The summed E-state index contributed by atoms with van der Waals surface area (Å²) in [5.74, 6) is 0.316. The topological polar surface area (TPSA) is 61.5 Å². The number of carbonyl (C=O) groups excluding carboxylic acids is 1. The van der Waals surface area contributed by atoms with Gasteiger partial charge in [-0.15, -0.1) is 0 Å². The molecule has 1 aliphatic carbocycles. The molecule has 18 heavy (non-hydrogen) atoms. The summed E-state index contributed by atoms with van der Waals surface area (Å²) in [6.07, 6.45) is 6.82. The zero-order valence-corrected chi connectivity index (χ0v) is 11.7. The third-order valence-corrected chi connectivity index (χ3v) is 3.49. The highest BCUT2D eigenvalue weighted by molar-refractivity contribution is 5.75. The van der Waals surface area contributed by atoms with Gasteiger partial charge in [0.15, 0.2) is 0 Å². The maximum Gasteiger partial charge on any atom is 0.323 e. The van der Waals surface area contributed by atoms with Crippen molar-refractivity contribution in [2.45, 2.75) is 64.5 Å². The molecule has 1 aliphatic rings. The highest BCUT2D eigenvalue weighted by atomic mass is 16.6. The molecule has 106 valence electrons. The molecule has 4 nitrogen and oxygen atoms in total. The maximum absolute atomic E-state index is 11.8. The molecule has 2 N–H and O–H groups in total. The highest BCUT2D eigenvalue weighted by Crippen LogP contribution is 2.27. The summed E-state index contributed by atoms with van der Waals surface area (Å²) in [6.45, 7) is 4.83. The van der Waals surface area contributed by atoms with Crippen LogP contribution >= 0.6 is 0 Å². The first-order chi connectivity index (χ1) is 8.63. The normalized spacial score (nSPS) is 20.4. The second kappa shape index (κ2) is 8.48. The molecule has 2 atom stereocenters. The van der Waals surface area contributed by atoms with Crippen molar-refractivity contribution < 1.29 is 14.3 Å². The van der Waals surface area contributed by atoms with Crippen molar-refractivity contribution >= 4 is 5.97 Å². The number of ether oxygens (including phenoxy) is 2. The number of carbonyl (C=O) groups is 1. The van der Waals surface area contributed by atoms with E-state index in [1.54, 1.807) is 0 Å². The minimum absolute atomic E-state index is 0.213. The molecule has 1 saturated carbocycles. The quantitative estimate of drug-likeness (QED) is 0.711. The van der Waals surface area contributed by atoms with Crippen LogP contribution in [0.3, 0.4) is 0 Å². The fraction of sp³-hybridized carbons (Fsp3) is 0.929. The third-order valence-electron chi connectivity index (χ3n) is 3.49. The van der Waals surface area contributed by atoms with Gasteiger partial charge in [-0.25, -0.2) is 0 Å². The molecule has 0 amide bonds. The van der Waals surface area contributed by atoms with Crippen molar-refractivity contribution in [3.8, 4) is 0 Å². The molecule has 1 rings (SSSR count). The molecule has 0 aromatic rings. The van der Waals surface area contributed by atoms with E-state index in [0.29, 0.717) is 19.1 Å². The molecule has 0 radical (unpaired) electrons. The minimum atomic E-state index is -0.475. The highest BCUT2D eigenvalue weighted by Gasteiger charge is 2.23. The monoisotopic (exact) mass is 257 g/mol. The summed E-state index contributed by atoms with van der Waals surface area (Å²) in [7, 11) is 0. The number of nitrogens with two attached hydrogens (primary N) is 1. The Hall–Kier alpha value is -0.610. The number of hydrogen-bond donors (Lipinski definition) is 1. The Labute approximate surface area is 110 Å². The molecule has 0 aromatic carbocycles. The van der Waals surface area contributed by atoms with Crippen LogP contribution in [0.4, 0.5) is 0 Å². The van der Waals surface area contributed by atoms with E-state index in [0.717, 1.165) is 6.42 Å². The predicted octanol–water partition coefficient (Wildman–Crippen LogP) is 2.25. The maximum atomic E-state index is 11.8. The smallest absolute Gasteiger partial charge is 0.323 e. The summed E-state index contributed by atoms with van der Waals surface area (Å²) < 4.78 is 10.5. The van der Waals surface area contributed by atoms with Gasteiger partial charge < -0.3 is 15.2 Å². The molecule has 0 aliphatic heterocycles. The van der Waals surface area contributed by atoms with Gasteiger partial charge in [-0.2, -0.15) is 0 Å². The lowest BCUT2D eigenvalue weighted by molar-refractivity contribution is -0.153. The first kappa shape index (κ1) is 15.4. The van der Waals surface area contributed by atoms with Crippen molar-refractivity contribution in [1.29, 1.82) is 0 Å². The zero-order chi connectivity index (χ0) is 13.4. The average Bonchev–Trinajstić information content (AvgIpc) is 2.37. The number of rotatable bonds is 7. The Balaban J connectivity index is 2.22. The van der Waals surface area contributed by atoms with E-state index in [9.17, 15) is 4.79 Å². The Morgan fingerprint density at radius 1 is 1.33 bits per heavy atom. The van der Waals surface area contributed by atoms with Crippen LogP contribution in [0.2, 0.25) is 0 Å². The molecule has 2 unspecified atom stereocenters. The third kappa shape index (κ3) is 5.83. The summed E-state index contributed by atoms with van der Waals surface area (Å²) >= 11 is 0. The Bertz CT molecular complexity index is 239. The van der Waals surface area contributed by atoms with Crippen molar-refractivity contribution in [1.82, 2.24) is 0 Å². The summed E-state index contributed by atoms with van der Waals surface area (Å²) in [5, 5.41) is 0. The molecule has 0 bridgehead atoms. The van der Waals surface area contributed by atoms with Crippen molar-refractivity contribution in [3.63, 3.8) is 0 Å². The number of esters is 1. The van der Waals surface area contributed by atoms with Crippen LogP contribution in [0.15, 0.2) is 0 Å². The van der Waals surface area contributed by atoms with E-state index in [2.05, 4.69) is 0 Å². The molecule has 4 heteroatoms. The van der Waals surface area contributed by atoms with Gasteiger partial charge in [-0.3, -0.25) is 4.79 Å². The van der Waals surface area contributed by atoms with Crippen LogP contribution in [-0.2, 0) is 14.3 Å². The van der Waals surface area contributed by atoms with E-state index >= 15 is 0 Å². The molecule has 1 fully saturated rings. The molecular formula is C14H27NO3. The predicted molar refractivity (Wildman–Crippen MR) is 71.2 cm³/mol. The average molecular weight is 257 g/mol. The largest absolute Gasteiger partial charge is 0.459 e. The van der Waals surface area contributed by atoms with Crippen molar-refractivity contribution in [2.75, 3.05) is 13.2 Å². The minimum Gasteiger partial charge on any atom is -0.459 e. The zero-order valence-electron chi connectivity index (χ0n) is 11.7. The van der Waals surface area contributed by atoms with Crippen LogP contribution in [0.25, 0.3) is 0 Å². The van der Waals surface area contributed by atoms with Crippen LogP contribution in [0.1, 0.15) is 52.4 Å². The van der Waals surface area contributed by atoms with Gasteiger partial charge in [0.25, 0.3) is 0 Å². The van der Waals surface area contributed by atoms with Gasteiger partial charge >= 0.3 is 5.97 Å². The van der Waals surface area contributed by atoms with Crippen molar-refractivity contribution in [3.05, 3.63) is 0 Å². The second-order valence-corrected chi connectivity index (χ2v) is 5.25. The van der Waals surface area contributed by atoms with Crippen LogP contribution in [0.5, 0.6) is 0 Å². The van der Waals surface area contributed by atoms with Gasteiger partial charge in [-0.1, -0.05) is 32.1 Å². The Kier molecular flexibility index (Phi) is 7.28. The Morgan fingerprint density at radius 3 is 2.61 bits per heavy atom. The molecule has 0 saturated heterocycles. The van der Waals surface area contributed by atoms with Crippen molar-refractivity contribution in [2.24, 2.45) is 11.7 Å². The molecule has 0 heterocycles. The van der Waals surface area contributed by atoms with E-state index < -0.39 is 6.04 Å². The van der Waals surface area contributed by atoms with Gasteiger partial charge in [0.05, 0.1) is 6.61 Å². The first-order valence-electron chi connectivity index (χ1n) is 7.17. The lowest BCUT2D eigenvalue weighted by Gasteiger charge is -2.24. The van der Waals surface area contributed by atoms with E-state index in [1.165, 1.54) is 32.1 Å². The summed E-state index contributed by atoms with van der Waals surface area (Å²) in [6, 6.07) is -0.475. The second-order valence-electron chi connectivity index (χ2n) is 5.25. The van der Waals surface area contributed by atoms with Crippen LogP contribution in [0, 0.1) is 5.92 Å². The van der Waals surface area contributed by atoms with Crippen LogP contribution < -0.4 is 5.73 Å². The van der Waals surface area contributed by atoms with E-state index in [4.69, 9.17) is 15.2 Å². The van der Waals surface area contributed by atoms with Gasteiger partial charge in [0.2, 0.25) is 0 Å². The summed E-state index contributed by atoms with van der Waals surface area (Å²) in [5.41, 5.74) is 5.91. The van der Waals surface area contributed by atoms with E-state index in [-0.39, 0.29) is 12.1 Å². The summed E-state index contributed by atoms with van der Waals surface area (Å²) in [4.78, 5) is 11.8. The molecule has 0 spiro atoms. The lowest BCUT2D eigenvalue weighted by atomic mass is 9.85. The SMILES string of the molecule is CCOCC(C)OC(=O)C(N)CC1CCCCC1. The van der Waals surface area contributed by atoms with Gasteiger partial charge in [-0.05, 0) is 26.2 Å². The molecular weight excluding hydrogens is 230 g/mol. The fourth-order valence-corrected chi connectivity index (χ4v) is 2.48. The number of hydrogen-bond acceptors (Lipinski definition) is 4. The first-order valence-corrected chi connectivity index (χ1v) is 7.17. The van der Waals surface area contributed by atoms with Gasteiger partial charge in [0, 0.05) is 6.61 Å². The van der Waals surface area contributed by atoms with Crippen LogP contribution in [-0.4, -0.2) is 31.3 Å². The standard InChI is InChI=1S/C14H27NO3/c1-3-17-10-11(2)18-14(16)13(15)9-12-7-5-4-6-8-12/h11-13H,3-10,15H2,1-2H3. The fourth-order valence-electron chi connectivity index (χ4n) is 2.48. The Morgan fingerprint density at radius 2 is 2.00 bits per heavy atom. The lowest BCUT2D eigenvalue weighted by Crippen LogP contribution is -2.37. The van der Waals surface area contributed by atoms with Gasteiger partial charge in [0.1, 0.15) is 12.1 Å².